The third-order valence-corrected chi connectivity index (χ3v) is 3.05. The van der Waals surface area contributed by atoms with Crippen molar-refractivity contribution < 1.29 is 19.1 Å². The van der Waals surface area contributed by atoms with E-state index < -0.39 is 11.9 Å². The molecule has 4 heteroatoms. The van der Waals surface area contributed by atoms with Crippen molar-refractivity contribution in [2.24, 2.45) is 0 Å². The summed E-state index contributed by atoms with van der Waals surface area (Å²) in [6.45, 7) is 5.21. The van der Waals surface area contributed by atoms with E-state index in [-0.39, 0.29) is 11.3 Å². The molecule has 108 valence electrons. The van der Waals surface area contributed by atoms with E-state index in [9.17, 15) is 9.59 Å². The van der Waals surface area contributed by atoms with Crippen LogP contribution in [-0.2, 0) is 4.79 Å². The Morgan fingerprint density at radius 2 is 1.62 bits per heavy atom. The van der Waals surface area contributed by atoms with Crippen LogP contribution in [0.15, 0.2) is 42.5 Å². The quantitative estimate of drug-likeness (QED) is 0.640. The first-order valence-corrected chi connectivity index (χ1v) is 6.54. The Kier molecular flexibility index (Phi) is 4.38. The van der Waals surface area contributed by atoms with E-state index in [0.29, 0.717) is 5.75 Å². The Balaban J connectivity index is 2.24. The van der Waals surface area contributed by atoms with Gasteiger partial charge in [0.2, 0.25) is 0 Å². The maximum absolute atomic E-state index is 12.2. The van der Waals surface area contributed by atoms with Gasteiger partial charge in [0.25, 0.3) is 0 Å². The zero-order valence-electron chi connectivity index (χ0n) is 12.2. The molecule has 0 N–H and O–H groups in total. The molecule has 2 aromatic rings. The summed E-state index contributed by atoms with van der Waals surface area (Å²) in [4.78, 5) is 23.3. The van der Waals surface area contributed by atoms with Gasteiger partial charge in [0.15, 0.2) is 0 Å². The molecule has 0 aliphatic heterocycles. The van der Waals surface area contributed by atoms with Crippen LogP contribution in [0.25, 0.3) is 0 Å². The lowest BCUT2D eigenvalue weighted by Gasteiger charge is -2.09. The monoisotopic (exact) mass is 284 g/mol. The van der Waals surface area contributed by atoms with Crippen LogP contribution in [0.4, 0.5) is 0 Å². The number of rotatable bonds is 3. The first-order valence-electron chi connectivity index (χ1n) is 6.54. The zero-order chi connectivity index (χ0) is 15.4. The summed E-state index contributed by atoms with van der Waals surface area (Å²) in [7, 11) is 0. The first kappa shape index (κ1) is 14.8. The minimum atomic E-state index is -0.560. The molecule has 0 aromatic heterocycles. The van der Waals surface area contributed by atoms with Crippen molar-refractivity contribution in [1.29, 1.82) is 0 Å². The SMILES string of the molecule is CC(=O)Oc1ccccc1C(=O)Oc1ccc(C)c(C)c1. The third kappa shape index (κ3) is 3.69. The molecule has 2 rings (SSSR count). The largest absolute Gasteiger partial charge is 0.426 e. The molecule has 2 aromatic carbocycles. The molecule has 0 aliphatic rings. The number of benzene rings is 2. The van der Waals surface area contributed by atoms with E-state index in [1.165, 1.54) is 6.92 Å². The minimum absolute atomic E-state index is 0.193. The molecule has 21 heavy (non-hydrogen) atoms. The molecular weight excluding hydrogens is 268 g/mol. The number of carbonyl (C=O) groups is 2. The first-order chi connectivity index (χ1) is 9.97. The van der Waals surface area contributed by atoms with E-state index in [1.54, 1.807) is 36.4 Å². The molecule has 0 aliphatic carbocycles. The maximum atomic E-state index is 12.2. The summed E-state index contributed by atoms with van der Waals surface area (Å²) in [5, 5.41) is 0. The lowest BCUT2D eigenvalue weighted by molar-refractivity contribution is -0.131. The van der Waals surface area contributed by atoms with Gasteiger partial charge in [-0.15, -0.1) is 0 Å². The van der Waals surface area contributed by atoms with Crippen molar-refractivity contribution in [3.8, 4) is 11.5 Å². The Labute approximate surface area is 123 Å². The Morgan fingerprint density at radius 3 is 2.29 bits per heavy atom. The summed E-state index contributed by atoms with van der Waals surface area (Å²) >= 11 is 0. The van der Waals surface area contributed by atoms with Gasteiger partial charge < -0.3 is 9.47 Å². The van der Waals surface area contributed by atoms with Gasteiger partial charge in [-0.1, -0.05) is 18.2 Å². The van der Waals surface area contributed by atoms with Crippen LogP contribution in [0.2, 0.25) is 0 Å². The number of carbonyl (C=O) groups excluding carboxylic acids is 2. The molecule has 0 radical (unpaired) electrons. The predicted octanol–water partition coefficient (Wildman–Crippen LogP) is 3.45. The van der Waals surface area contributed by atoms with Crippen LogP contribution in [0.1, 0.15) is 28.4 Å². The maximum Gasteiger partial charge on any atom is 0.347 e. The predicted molar refractivity (Wildman–Crippen MR) is 78.6 cm³/mol. The van der Waals surface area contributed by atoms with E-state index in [4.69, 9.17) is 9.47 Å². The topological polar surface area (TPSA) is 52.6 Å². The standard InChI is InChI=1S/C17H16O4/c1-11-8-9-14(10-12(11)2)21-17(19)15-6-4-5-7-16(15)20-13(3)18/h4-10H,1-3H3. The van der Waals surface area contributed by atoms with E-state index in [0.717, 1.165) is 11.1 Å². The van der Waals surface area contributed by atoms with Crippen LogP contribution in [0.5, 0.6) is 11.5 Å². The van der Waals surface area contributed by atoms with Gasteiger partial charge in [0.1, 0.15) is 17.1 Å². The smallest absolute Gasteiger partial charge is 0.347 e. The molecule has 0 heterocycles. The lowest BCUT2D eigenvalue weighted by atomic mass is 10.1. The van der Waals surface area contributed by atoms with Crippen molar-refractivity contribution in [3.05, 3.63) is 59.2 Å². The fourth-order valence-electron chi connectivity index (χ4n) is 1.82. The van der Waals surface area contributed by atoms with Crippen LogP contribution >= 0.6 is 0 Å². The van der Waals surface area contributed by atoms with Crippen molar-refractivity contribution in [2.75, 3.05) is 0 Å². The number of ether oxygens (including phenoxy) is 2. The van der Waals surface area contributed by atoms with Crippen LogP contribution in [0, 0.1) is 13.8 Å². The van der Waals surface area contributed by atoms with Gasteiger partial charge >= 0.3 is 11.9 Å². The summed E-state index contributed by atoms with van der Waals surface area (Å²) in [6.07, 6.45) is 0. The molecule has 0 spiro atoms. The molecule has 4 nitrogen and oxygen atoms in total. The normalized spacial score (nSPS) is 10.0. The van der Waals surface area contributed by atoms with Gasteiger partial charge in [-0.2, -0.15) is 0 Å². The number of hydrogen-bond acceptors (Lipinski definition) is 4. The summed E-state index contributed by atoms with van der Waals surface area (Å²) < 4.78 is 10.3. The van der Waals surface area contributed by atoms with Crippen LogP contribution in [0.3, 0.4) is 0 Å². The molecule has 0 amide bonds. The second-order valence-corrected chi connectivity index (χ2v) is 4.73. The lowest BCUT2D eigenvalue weighted by Crippen LogP contribution is -2.12. The van der Waals surface area contributed by atoms with Crippen molar-refractivity contribution in [3.63, 3.8) is 0 Å². The zero-order valence-corrected chi connectivity index (χ0v) is 12.2. The second-order valence-electron chi connectivity index (χ2n) is 4.73. The third-order valence-electron chi connectivity index (χ3n) is 3.05. The van der Waals surface area contributed by atoms with Gasteiger partial charge in [-0.3, -0.25) is 4.79 Å². The minimum Gasteiger partial charge on any atom is -0.426 e. The number of hydrogen-bond donors (Lipinski definition) is 0. The molecule has 0 atom stereocenters. The van der Waals surface area contributed by atoms with E-state index >= 15 is 0 Å². The average Bonchev–Trinajstić information content (AvgIpc) is 2.43. The fourth-order valence-corrected chi connectivity index (χ4v) is 1.82. The van der Waals surface area contributed by atoms with Gasteiger partial charge in [-0.25, -0.2) is 4.79 Å². The van der Waals surface area contributed by atoms with Gasteiger partial charge in [0.05, 0.1) is 0 Å². The van der Waals surface area contributed by atoms with Crippen molar-refractivity contribution >= 4 is 11.9 Å². The van der Waals surface area contributed by atoms with Crippen molar-refractivity contribution in [2.45, 2.75) is 20.8 Å². The molecule has 0 fully saturated rings. The number of para-hydroxylation sites is 1. The Bertz CT molecular complexity index is 689. The van der Waals surface area contributed by atoms with E-state index in [1.807, 2.05) is 19.9 Å². The molecule has 0 saturated heterocycles. The second kappa shape index (κ2) is 6.22. The highest BCUT2D eigenvalue weighted by atomic mass is 16.5. The summed E-state index contributed by atoms with van der Waals surface area (Å²) in [5.41, 5.74) is 2.37. The van der Waals surface area contributed by atoms with Gasteiger partial charge in [0, 0.05) is 6.92 Å². The van der Waals surface area contributed by atoms with Gasteiger partial charge in [-0.05, 0) is 49.2 Å². The summed E-state index contributed by atoms with van der Waals surface area (Å²) in [5.74, 6) is -0.393. The van der Waals surface area contributed by atoms with Crippen LogP contribution < -0.4 is 9.47 Å². The highest BCUT2D eigenvalue weighted by molar-refractivity contribution is 5.94. The fraction of sp³-hybridized carbons (Fsp3) is 0.176. The van der Waals surface area contributed by atoms with Crippen molar-refractivity contribution in [1.82, 2.24) is 0 Å². The number of aryl methyl sites for hydroxylation is 2. The Morgan fingerprint density at radius 1 is 0.905 bits per heavy atom. The number of esters is 2. The molecule has 0 saturated carbocycles. The highest BCUT2D eigenvalue weighted by Crippen LogP contribution is 2.22. The average molecular weight is 284 g/mol. The van der Waals surface area contributed by atoms with Crippen LogP contribution in [-0.4, -0.2) is 11.9 Å². The van der Waals surface area contributed by atoms with E-state index in [2.05, 4.69) is 0 Å². The molecular formula is C17H16O4. The summed E-state index contributed by atoms with van der Waals surface area (Å²) in [6, 6.07) is 11.9. The molecule has 0 unspecified atom stereocenters. The molecule has 0 bridgehead atoms. The Hall–Kier alpha value is -2.62. The highest BCUT2D eigenvalue weighted by Gasteiger charge is 2.16.